The van der Waals surface area contributed by atoms with Crippen molar-refractivity contribution in [3.05, 3.63) is 53.1 Å². The number of hydrogen-bond donors (Lipinski definition) is 1. The highest BCUT2D eigenvalue weighted by Gasteiger charge is 2.24. The Hall–Kier alpha value is -2.45. The molecule has 1 N–H and O–H groups in total. The molecule has 0 fully saturated rings. The maximum absolute atomic E-state index is 13.0. The molecular formula is C20H21N3O3S2. The predicted molar refractivity (Wildman–Crippen MR) is 111 cm³/mol. The fraction of sp³-hybridized carbons (Fsp3) is 0.300. The largest absolute Gasteiger partial charge is 0.495 e. The third-order valence-electron chi connectivity index (χ3n) is 4.86. The van der Waals surface area contributed by atoms with Crippen molar-refractivity contribution in [3.8, 4) is 16.3 Å². The maximum Gasteiger partial charge on any atom is 0.267 e. The Morgan fingerprint density at radius 1 is 1.04 bits per heavy atom. The Balaban J connectivity index is 1.64. The first-order valence-corrected chi connectivity index (χ1v) is 11.4. The van der Waals surface area contributed by atoms with Gasteiger partial charge in [-0.05, 0) is 55.9 Å². The van der Waals surface area contributed by atoms with Gasteiger partial charge in [-0.1, -0.05) is 41.2 Å². The molecule has 3 aromatic rings. The molecule has 1 aliphatic carbocycles. The summed E-state index contributed by atoms with van der Waals surface area (Å²) in [7, 11) is -2.34. The van der Waals surface area contributed by atoms with E-state index < -0.39 is 10.0 Å². The van der Waals surface area contributed by atoms with E-state index in [9.17, 15) is 8.42 Å². The second-order valence-electron chi connectivity index (χ2n) is 6.86. The zero-order valence-corrected chi connectivity index (χ0v) is 17.4. The summed E-state index contributed by atoms with van der Waals surface area (Å²) >= 11 is 1.20. The van der Waals surface area contributed by atoms with Crippen molar-refractivity contribution in [1.29, 1.82) is 0 Å². The molecule has 0 amide bonds. The second-order valence-corrected chi connectivity index (χ2v) is 9.49. The molecule has 1 aliphatic rings. The van der Waals surface area contributed by atoms with Gasteiger partial charge in [0.15, 0.2) is 0 Å². The van der Waals surface area contributed by atoms with Crippen molar-refractivity contribution in [1.82, 2.24) is 10.2 Å². The van der Waals surface area contributed by atoms with E-state index in [-0.39, 0.29) is 10.0 Å². The van der Waals surface area contributed by atoms with Crippen LogP contribution in [0.15, 0.2) is 41.3 Å². The van der Waals surface area contributed by atoms with Gasteiger partial charge in [0.25, 0.3) is 10.0 Å². The fourth-order valence-electron chi connectivity index (χ4n) is 3.36. The van der Waals surface area contributed by atoms with Crippen LogP contribution in [0.1, 0.15) is 29.5 Å². The molecule has 6 nitrogen and oxygen atoms in total. The molecular weight excluding hydrogens is 394 g/mol. The standard InChI is InChI=1S/C20H21N3O3S2/c1-13-7-9-14(10-8-13)19-21-22-20(27-19)23-28(24,25)18-12-16-6-4-3-5-15(16)11-17(18)26-2/h7-12H,3-6H2,1-2H3,(H,22,23). The Labute approximate surface area is 168 Å². The molecule has 8 heteroatoms. The van der Waals surface area contributed by atoms with Gasteiger partial charge in [0.05, 0.1) is 7.11 Å². The number of benzene rings is 2. The number of fused-ring (bicyclic) bond motifs is 1. The van der Waals surface area contributed by atoms with E-state index in [2.05, 4.69) is 14.9 Å². The van der Waals surface area contributed by atoms with E-state index in [1.807, 2.05) is 37.3 Å². The number of anilines is 1. The summed E-state index contributed by atoms with van der Waals surface area (Å²) in [6, 6.07) is 11.4. The number of nitrogens with zero attached hydrogens (tertiary/aromatic N) is 2. The zero-order valence-electron chi connectivity index (χ0n) is 15.7. The van der Waals surface area contributed by atoms with Crippen molar-refractivity contribution in [3.63, 3.8) is 0 Å². The van der Waals surface area contributed by atoms with E-state index >= 15 is 0 Å². The Morgan fingerprint density at radius 2 is 1.71 bits per heavy atom. The van der Waals surface area contributed by atoms with Crippen LogP contribution in [-0.4, -0.2) is 25.7 Å². The van der Waals surface area contributed by atoms with Crippen LogP contribution in [0.5, 0.6) is 5.75 Å². The molecule has 0 unspecified atom stereocenters. The number of methoxy groups -OCH3 is 1. The number of aryl methyl sites for hydroxylation is 3. The van der Waals surface area contributed by atoms with E-state index in [0.717, 1.165) is 42.4 Å². The molecule has 4 rings (SSSR count). The minimum absolute atomic E-state index is 0.141. The van der Waals surface area contributed by atoms with Crippen LogP contribution in [-0.2, 0) is 22.9 Å². The molecule has 1 aromatic heterocycles. The Bertz CT molecular complexity index is 1110. The summed E-state index contributed by atoms with van der Waals surface area (Å²) in [5.41, 5.74) is 4.29. The summed E-state index contributed by atoms with van der Waals surface area (Å²) in [5, 5.41) is 9.02. The molecule has 1 heterocycles. The smallest absolute Gasteiger partial charge is 0.267 e. The molecule has 0 aliphatic heterocycles. The van der Waals surface area contributed by atoms with E-state index in [0.29, 0.717) is 10.8 Å². The minimum Gasteiger partial charge on any atom is -0.495 e. The first kappa shape index (κ1) is 18.9. The molecule has 0 bridgehead atoms. The van der Waals surface area contributed by atoms with Crippen LogP contribution < -0.4 is 9.46 Å². The monoisotopic (exact) mass is 415 g/mol. The highest BCUT2D eigenvalue weighted by atomic mass is 32.2. The molecule has 0 saturated carbocycles. The zero-order chi connectivity index (χ0) is 19.7. The number of nitrogens with one attached hydrogen (secondary N) is 1. The van der Waals surface area contributed by atoms with Crippen molar-refractivity contribution < 1.29 is 13.2 Å². The molecule has 146 valence electrons. The van der Waals surface area contributed by atoms with Gasteiger partial charge in [-0.3, -0.25) is 4.72 Å². The van der Waals surface area contributed by atoms with E-state index in [4.69, 9.17) is 4.74 Å². The SMILES string of the molecule is COc1cc2c(cc1S(=O)(=O)Nc1nnc(-c3ccc(C)cc3)s1)CCCC2. The number of sulfonamides is 1. The van der Waals surface area contributed by atoms with Gasteiger partial charge in [0.1, 0.15) is 15.7 Å². The van der Waals surface area contributed by atoms with Crippen LogP contribution in [0.3, 0.4) is 0 Å². The van der Waals surface area contributed by atoms with Gasteiger partial charge >= 0.3 is 0 Å². The summed E-state index contributed by atoms with van der Waals surface area (Å²) < 4.78 is 33.9. The fourth-order valence-corrected chi connectivity index (χ4v) is 5.54. The third kappa shape index (κ3) is 3.74. The van der Waals surface area contributed by atoms with Crippen molar-refractivity contribution in [2.24, 2.45) is 0 Å². The Morgan fingerprint density at radius 3 is 2.39 bits per heavy atom. The Kier molecular flexibility index (Phi) is 5.07. The normalized spacial score (nSPS) is 13.8. The lowest BCUT2D eigenvalue weighted by molar-refractivity contribution is 0.401. The molecule has 2 aromatic carbocycles. The van der Waals surface area contributed by atoms with Gasteiger partial charge in [0, 0.05) is 5.56 Å². The predicted octanol–water partition coefficient (Wildman–Crippen LogP) is 4.20. The van der Waals surface area contributed by atoms with Crippen LogP contribution in [0.4, 0.5) is 5.13 Å². The van der Waals surface area contributed by atoms with Crippen molar-refractivity contribution in [2.45, 2.75) is 37.5 Å². The van der Waals surface area contributed by atoms with Crippen molar-refractivity contribution in [2.75, 3.05) is 11.8 Å². The van der Waals surface area contributed by atoms with Crippen LogP contribution in [0.2, 0.25) is 0 Å². The first-order valence-electron chi connectivity index (χ1n) is 9.09. The summed E-state index contributed by atoms with van der Waals surface area (Å²) in [6.45, 7) is 2.01. The minimum atomic E-state index is -3.83. The lowest BCUT2D eigenvalue weighted by Crippen LogP contribution is -2.15. The topological polar surface area (TPSA) is 81.2 Å². The number of aromatic nitrogens is 2. The average molecular weight is 416 g/mol. The highest BCUT2D eigenvalue weighted by Crippen LogP contribution is 2.34. The van der Waals surface area contributed by atoms with Crippen LogP contribution >= 0.6 is 11.3 Å². The second kappa shape index (κ2) is 7.52. The van der Waals surface area contributed by atoms with Gasteiger partial charge in [0.2, 0.25) is 5.13 Å². The van der Waals surface area contributed by atoms with Crippen molar-refractivity contribution >= 4 is 26.5 Å². The third-order valence-corrected chi connectivity index (χ3v) is 7.24. The molecule has 0 saturated heterocycles. The summed E-state index contributed by atoms with van der Waals surface area (Å²) in [4.78, 5) is 0.141. The van der Waals surface area contributed by atoms with Gasteiger partial charge in [-0.25, -0.2) is 8.42 Å². The lowest BCUT2D eigenvalue weighted by Gasteiger charge is -2.19. The summed E-state index contributed by atoms with van der Waals surface area (Å²) in [6.07, 6.45) is 4.03. The van der Waals surface area contributed by atoms with E-state index in [1.54, 1.807) is 6.07 Å². The number of ether oxygens (including phenoxy) is 1. The van der Waals surface area contributed by atoms with Crippen LogP contribution in [0.25, 0.3) is 10.6 Å². The molecule has 0 radical (unpaired) electrons. The van der Waals surface area contributed by atoms with E-state index in [1.165, 1.54) is 24.0 Å². The summed E-state index contributed by atoms with van der Waals surface area (Å²) in [5.74, 6) is 0.358. The molecule has 0 atom stereocenters. The maximum atomic E-state index is 13.0. The van der Waals surface area contributed by atoms with Gasteiger partial charge in [-0.2, -0.15) is 0 Å². The van der Waals surface area contributed by atoms with Crippen LogP contribution in [0, 0.1) is 6.92 Å². The van der Waals surface area contributed by atoms with Gasteiger partial charge < -0.3 is 4.74 Å². The first-order chi connectivity index (χ1) is 13.5. The molecule has 28 heavy (non-hydrogen) atoms. The number of rotatable bonds is 5. The number of hydrogen-bond acceptors (Lipinski definition) is 6. The molecule has 0 spiro atoms. The highest BCUT2D eigenvalue weighted by molar-refractivity contribution is 7.93. The lowest BCUT2D eigenvalue weighted by atomic mass is 9.92. The van der Waals surface area contributed by atoms with Gasteiger partial charge in [-0.15, -0.1) is 10.2 Å². The quantitative estimate of drug-likeness (QED) is 0.675. The average Bonchev–Trinajstić information content (AvgIpc) is 3.15.